The topological polar surface area (TPSA) is 66.5 Å². The summed E-state index contributed by atoms with van der Waals surface area (Å²) in [7, 11) is -3.36. The number of benzene rings is 2. The molecule has 0 spiro atoms. The van der Waals surface area contributed by atoms with Gasteiger partial charge in [-0.2, -0.15) is 0 Å². The molecule has 1 amide bonds. The van der Waals surface area contributed by atoms with Gasteiger partial charge in [-0.25, -0.2) is 12.7 Å². The second-order valence-electron chi connectivity index (χ2n) is 6.60. The number of rotatable bonds is 6. The molecule has 0 saturated carbocycles. The highest BCUT2D eigenvalue weighted by atomic mass is 32.2. The van der Waals surface area contributed by atoms with E-state index in [1.54, 1.807) is 11.8 Å². The number of nitrogens with one attached hydrogen (secondary N) is 1. The van der Waals surface area contributed by atoms with E-state index < -0.39 is 10.0 Å². The van der Waals surface area contributed by atoms with Crippen molar-refractivity contribution >= 4 is 33.4 Å². The van der Waals surface area contributed by atoms with Crippen molar-refractivity contribution in [2.75, 3.05) is 24.7 Å². The quantitative estimate of drug-likeness (QED) is 0.747. The lowest BCUT2D eigenvalue weighted by molar-refractivity contribution is -0.120. The minimum absolute atomic E-state index is 0.00576. The third-order valence-electron chi connectivity index (χ3n) is 4.77. The van der Waals surface area contributed by atoms with E-state index in [0.717, 1.165) is 16.1 Å². The Balaban J connectivity index is 1.57. The zero-order valence-corrected chi connectivity index (χ0v) is 16.9. The zero-order chi connectivity index (χ0) is 19.3. The van der Waals surface area contributed by atoms with Crippen LogP contribution in [0.4, 0.5) is 5.69 Å². The van der Waals surface area contributed by atoms with Gasteiger partial charge >= 0.3 is 0 Å². The van der Waals surface area contributed by atoms with Crippen LogP contribution in [-0.4, -0.2) is 38.0 Å². The highest BCUT2D eigenvalue weighted by Gasteiger charge is 2.31. The van der Waals surface area contributed by atoms with Gasteiger partial charge in [0.2, 0.25) is 15.9 Å². The Labute approximate surface area is 165 Å². The highest BCUT2D eigenvalue weighted by molar-refractivity contribution is 7.98. The van der Waals surface area contributed by atoms with E-state index >= 15 is 0 Å². The Kier molecular flexibility index (Phi) is 6.57. The van der Waals surface area contributed by atoms with Crippen LogP contribution in [-0.2, 0) is 20.6 Å². The van der Waals surface area contributed by atoms with E-state index in [9.17, 15) is 13.2 Å². The summed E-state index contributed by atoms with van der Waals surface area (Å²) in [6.45, 7) is 0.773. The van der Waals surface area contributed by atoms with Gasteiger partial charge in [-0.1, -0.05) is 42.5 Å². The van der Waals surface area contributed by atoms with E-state index in [4.69, 9.17) is 0 Å². The predicted octanol–water partition coefficient (Wildman–Crippen LogP) is 3.59. The van der Waals surface area contributed by atoms with Crippen LogP contribution in [0.5, 0.6) is 0 Å². The smallest absolute Gasteiger partial charge is 0.227 e. The summed E-state index contributed by atoms with van der Waals surface area (Å²) in [4.78, 5) is 13.6. The van der Waals surface area contributed by atoms with Crippen molar-refractivity contribution < 1.29 is 13.2 Å². The molecule has 1 fully saturated rings. The van der Waals surface area contributed by atoms with Crippen molar-refractivity contribution in [3.8, 4) is 0 Å². The monoisotopic (exact) mass is 404 g/mol. The standard InChI is InChI=1S/C20H24N2O3S2/c1-26-19-10-6-5-9-18(19)21-20(23)17-11-13-22(14-12-17)27(24,25)15-16-7-3-2-4-8-16/h2-10,17H,11-15H2,1H3,(H,21,23). The van der Waals surface area contributed by atoms with Gasteiger partial charge in [-0.15, -0.1) is 11.8 Å². The number of anilines is 1. The number of hydrogen-bond donors (Lipinski definition) is 1. The normalized spacial score (nSPS) is 16.2. The van der Waals surface area contributed by atoms with Crippen molar-refractivity contribution in [2.45, 2.75) is 23.5 Å². The van der Waals surface area contributed by atoms with Crippen molar-refractivity contribution in [2.24, 2.45) is 5.92 Å². The molecule has 144 valence electrons. The molecule has 1 aliphatic rings. The zero-order valence-electron chi connectivity index (χ0n) is 15.3. The van der Waals surface area contributed by atoms with E-state index in [0.29, 0.717) is 25.9 Å². The molecule has 0 atom stereocenters. The Morgan fingerprint density at radius 2 is 1.70 bits per heavy atom. The third kappa shape index (κ3) is 5.12. The fraction of sp³-hybridized carbons (Fsp3) is 0.350. The summed E-state index contributed by atoms with van der Waals surface area (Å²) in [5.41, 5.74) is 1.60. The largest absolute Gasteiger partial charge is 0.325 e. The number of sulfonamides is 1. The van der Waals surface area contributed by atoms with Crippen LogP contribution in [0.2, 0.25) is 0 Å². The predicted molar refractivity (Wildman–Crippen MR) is 110 cm³/mol. The van der Waals surface area contributed by atoms with E-state index in [-0.39, 0.29) is 17.6 Å². The van der Waals surface area contributed by atoms with Gasteiger partial charge in [0.25, 0.3) is 0 Å². The molecule has 5 nitrogen and oxygen atoms in total. The van der Waals surface area contributed by atoms with Gasteiger partial charge in [0.15, 0.2) is 0 Å². The molecular weight excluding hydrogens is 380 g/mol. The minimum Gasteiger partial charge on any atom is -0.325 e. The molecule has 0 unspecified atom stereocenters. The molecule has 0 bridgehead atoms. The van der Waals surface area contributed by atoms with Crippen LogP contribution in [0, 0.1) is 5.92 Å². The maximum atomic E-state index is 12.6. The molecule has 2 aromatic carbocycles. The van der Waals surface area contributed by atoms with E-state index in [1.807, 2.05) is 60.9 Å². The van der Waals surface area contributed by atoms with Gasteiger partial charge in [-0.3, -0.25) is 4.79 Å². The maximum Gasteiger partial charge on any atom is 0.227 e. The Morgan fingerprint density at radius 1 is 1.07 bits per heavy atom. The first-order valence-electron chi connectivity index (χ1n) is 8.95. The summed E-state index contributed by atoms with van der Waals surface area (Å²) < 4.78 is 26.8. The molecule has 0 aliphatic carbocycles. The Morgan fingerprint density at radius 3 is 2.37 bits per heavy atom. The molecule has 1 N–H and O–H groups in total. The lowest BCUT2D eigenvalue weighted by Crippen LogP contribution is -2.41. The maximum absolute atomic E-state index is 12.6. The summed E-state index contributed by atoms with van der Waals surface area (Å²) in [6.07, 6.45) is 3.06. The van der Waals surface area contributed by atoms with Gasteiger partial charge in [0.05, 0.1) is 11.4 Å². The average molecular weight is 405 g/mol. The third-order valence-corrected chi connectivity index (χ3v) is 7.42. The summed E-state index contributed by atoms with van der Waals surface area (Å²) >= 11 is 1.59. The first-order valence-corrected chi connectivity index (χ1v) is 11.8. The van der Waals surface area contributed by atoms with Crippen molar-refractivity contribution in [1.29, 1.82) is 0 Å². The van der Waals surface area contributed by atoms with Crippen molar-refractivity contribution in [3.05, 3.63) is 60.2 Å². The Hall–Kier alpha value is -1.83. The lowest BCUT2D eigenvalue weighted by atomic mass is 9.97. The van der Waals surface area contributed by atoms with Gasteiger partial charge in [0.1, 0.15) is 0 Å². The summed E-state index contributed by atoms with van der Waals surface area (Å²) in [5.74, 6) is -0.189. The molecule has 1 heterocycles. The van der Waals surface area contributed by atoms with Crippen LogP contribution in [0.3, 0.4) is 0 Å². The number of thioether (sulfide) groups is 1. The van der Waals surface area contributed by atoms with Crippen LogP contribution in [0.1, 0.15) is 18.4 Å². The summed E-state index contributed by atoms with van der Waals surface area (Å²) in [6, 6.07) is 16.9. The van der Waals surface area contributed by atoms with E-state index in [2.05, 4.69) is 5.32 Å². The molecule has 7 heteroatoms. The summed E-state index contributed by atoms with van der Waals surface area (Å²) in [5, 5.41) is 3.00. The molecule has 1 saturated heterocycles. The van der Waals surface area contributed by atoms with Crippen molar-refractivity contribution in [3.63, 3.8) is 0 Å². The second kappa shape index (κ2) is 8.91. The SMILES string of the molecule is CSc1ccccc1NC(=O)C1CCN(S(=O)(=O)Cc2ccccc2)CC1. The first-order chi connectivity index (χ1) is 13.0. The number of carbonyl (C=O) groups is 1. The van der Waals surface area contributed by atoms with E-state index in [1.165, 1.54) is 4.31 Å². The van der Waals surface area contributed by atoms with Crippen LogP contribution < -0.4 is 5.32 Å². The molecule has 0 radical (unpaired) electrons. The number of hydrogen-bond acceptors (Lipinski definition) is 4. The number of para-hydroxylation sites is 1. The average Bonchev–Trinajstić information content (AvgIpc) is 2.69. The fourth-order valence-electron chi connectivity index (χ4n) is 3.25. The van der Waals surface area contributed by atoms with Crippen LogP contribution in [0.15, 0.2) is 59.5 Å². The number of nitrogens with zero attached hydrogens (tertiary/aromatic N) is 1. The molecule has 27 heavy (non-hydrogen) atoms. The van der Waals surface area contributed by atoms with Crippen molar-refractivity contribution in [1.82, 2.24) is 4.31 Å². The van der Waals surface area contributed by atoms with Gasteiger partial charge < -0.3 is 5.32 Å². The number of amides is 1. The molecule has 0 aromatic heterocycles. The molecule has 2 aromatic rings. The fourth-order valence-corrected chi connectivity index (χ4v) is 5.37. The van der Waals surface area contributed by atoms with Crippen LogP contribution in [0.25, 0.3) is 0 Å². The second-order valence-corrected chi connectivity index (χ2v) is 9.42. The molecule has 1 aliphatic heterocycles. The van der Waals surface area contributed by atoms with Gasteiger partial charge in [-0.05, 0) is 36.8 Å². The Bertz CT molecular complexity index is 877. The first kappa shape index (κ1) is 19.9. The number of piperidine rings is 1. The van der Waals surface area contributed by atoms with Gasteiger partial charge in [0, 0.05) is 23.9 Å². The number of carbonyl (C=O) groups excluding carboxylic acids is 1. The molecule has 3 rings (SSSR count). The molecular formula is C20H24N2O3S2. The highest BCUT2D eigenvalue weighted by Crippen LogP contribution is 2.27. The minimum atomic E-state index is -3.36. The lowest BCUT2D eigenvalue weighted by Gasteiger charge is -2.30. The van der Waals surface area contributed by atoms with Crippen LogP contribution >= 0.6 is 11.8 Å².